The summed E-state index contributed by atoms with van der Waals surface area (Å²) in [6, 6.07) is 8.14. The summed E-state index contributed by atoms with van der Waals surface area (Å²) >= 11 is 0. The maximum Gasteiger partial charge on any atom is 0.115 e. The molecule has 0 aliphatic rings. The Morgan fingerprint density at radius 3 is 2.38 bits per heavy atom. The maximum absolute atomic E-state index is 8.46. The lowest BCUT2D eigenvalue weighted by molar-refractivity contribution is -0.277. The molecule has 0 aliphatic heterocycles. The summed E-state index contributed by atoms with van der Waals surface area (Å²) in [4.78, 5) is 4.24. The molecular formula is C11H16O2. The summed E-state index contributed by atoms with van der Waals surface area (Å²) in [6.45, 7) is 3.97. The van der Waals surface area contributed by atoms with Crippen molar-refractivity contribution in [3.8, 4) is 0 Å². The van der Waals surface area contributed by atoms with Gasteiger partial charge in [0.15, 0.2) is 0 Å². The molecule has 1 atom stereocenters. The minimum absolute atomic E-state index is 0.240. The SMILES string of the molecule is CCCc1ccc(C(C)OO)cc1. The summed E-state index contributed by atoms with van der Waals surface area (Å²) in [5, 5.41) is 8.46. The van der Waals surface area contributed by atoms with E-state index in [1.807, 2.05) is 19.1 Å². The Bertz CT molecular complexity index is 241. The molecule has 1 aromatic rings. The molecule has 2 nitrogen and oxygen atoms in total. The van der Waals surface area contributed by atoms with Crippen LogP contribution in [0.2, 0.25) is 0 Å². The third-order valence-corrected chi connectivity index (χ3v) is 2.15. The van der Waals surface area contributed by atoms with Crippen molar-refractivity contribution >= 4 is 0 Å². The van der Waals surface area contributed by atoms with Gasteiger partial charge in [-0.2, -0.15) is 0 Å². The summed E-state index contributed by atoms with van der Waals surface area (Å²) in [5.74, 6) is 0. The van der Waals surface area contributed by atoms with Crippen LogP contribution in [0.3, 0.4) is 0 Å². The molecule has 0 radical (unpaired) electrons. The molecular weight excluding hydrogens is 164 g/mol. The van der Waals surface area contributed by atoms with Crippen molar-refractivity contribution in [3.63, 3.8) is 0 Å². The van der Waals surface area contributed by atoms with Gasteiger partial charge in [-0.05, 0) is 24.5 Å². The first kappa shape index (κ1) is 10.2. The lowest BCUT2D eigenvalue weighted by Gasteiger charge is -2.07. The van der Waals surface area contributed by atoms with Gasteiger partial charge in [0.1, 0.15) is 6.10 Å². The van der Waals surface area contributed by atoms with Crippen LogP contribution in [0.4, 0.5) is 0 Å². The molecule has 72 valence electrons. The summed E-state index contributed by atoms with van der Waals surface area (Å²) in [6.07, 6.45) is 2.02. The molecule has 0 amide bonds. The zero-order valence-corrected chi connectivity index (χ0v) is 8.16. The fourth-order valence-electron chi connectivity index (χ4n) is 1.30. The Kier molecular flexibility index (Phi) is 3.93. The molecule has 1 N–H and O–H groups in total. The number of aryl methyl sites for hydroxylation is 1. The Labute approximate surface area is 79.1 Å². The maximum atomic E-state index is 8.46. The van der Waals surface area contributed by atoms with Crippen molar-refractivity contribution in [1.29, 1.82) is 0 Å². The molecule has 0 heterocycles. The first-order valence-electron chi connectivity index (χ1n) is 4.67. The molecule has 1 rings (SSSR count). The second-order valence-corrected chi connectivity index (χ2v) is 3.24. The van der Waals surface area contributed by atoms with Crippen molar-refractivity contribution in [2.75, 3.05) is 0 Å². The molecule has 0 saturated carbocycles. The third-order valence-electron chi connectivity index (χ3n) is 2.15. The van der Waals surface area contributed by atoms with Gasteiger partial charge in [-0.3, -0.25) is 5.26 Å². The van der Waals surface area contributed by atoms with Crippen LogP contribution in [0, 0.1) is 0 Å². The first-order valence-corrected chi connectivity index (χ1v) is 4.67. The van der Waals surface area contributed by atoms with E-state index in [9.17, 15) is 0 Å². The summed E-state index contributed by atoms with van der Waals surface area (Å²) < 4.78 is 0. The highest BCUT2D eigenvalue weighted by atomic mass is 17.1. The zero-order chi connectivity index (χ0) is 9.68. The number of hydrogen-bond acceptors (Lipinski definition) is 2. The molecule has 0 fully saturated rings. The molecule has 2 heteroatoms. The van der Waals surface area contributed by atoms with E-state index < -0.39 is 0 Å². The summed E-state index contributed by atoms with van der Waals surface area (Å²) in [5.41, 5.74) is 2.33. The number of rotatable bonds is 4. The van der Waals surface area contributed by atoms with Gasteiger partial charge >= 0.3 is 0 Å². The van der Waals surface area contributed by atoms with Crippen LogP contribution in [0.15, 0.2) is 24.3 Å². The lowest BCUT2D eigenvalue weighted by Crippen LogP contribution is -1.96. The highest BCUT2D eigenvalue weighted by Gasteiger charge is 2.03. The van der Waals surface area contributed by atoms with Gasteiger partial charge in [-0.1, -0.05) is 37.6 Å². The van der Waals surface area contributed by atoms with Crippen LogP contribution in [0.1, 0.15) is 37.5 Å². The molecule has 0 saturated heterocycles. The van der Waals surface area contributed by atoms with Crippen LogP contribution in [-0.4, -0.2) is 5.26 Å². The highest BCUT2D eigenvalue weighted by Crippen LogP contribution is 2.16. The fraction of sp³-hybridized carbons (Fsp3) is 0.455. The monoisotopic (exact) mass is 180 g/mol. The number of hydrogen-bond donors (Lipinski definition) is 1. The van der Waals surface area contributed by atoms with Gasteiger partial charge in [-0.15, -0.1) is 0 Å². The van der Waals surface area contributed by atoms with Crippen LogP contribution >= 0.6 is 0 Å². The third kappa shape index (κ3) is 2.83. The van der Waals surface area contributed by atoms with E-state index in [-0.39, 0.29) is 6.10 Å². The second-order valence-electron chi connectivity index (χ2n) is 3.24. The Morgan fingerprint density at radius 2 is 1.92 bits per heavy atom. The standard InChI is InChI=1S/C11H16O2/c1-3-4-10-5-7-11(8-6-10)9(2)13-12/h5-9,12H,3-4H2,1-2H3. The summed E-state index contributed by atoms with van der Waals surface area (Å²) in [7, 11) is 0. The molecule has 13 heavy (non-hydrogen) atoms. The smallest absolute Gasteiger partial charge is 0.115 e. The minimum Gasteiger partial charge on any atom is -0.251 e. The Balaban J connectivity index is 2.69. The van der Waals surface area contributed by atoms with Gasteiger partial charge in [0, 0.05) is 0 Å². The van der Waals surface area contributed by atoms with E-state index >= 15 is 0 Å². The number of benzene rings is 1. The zero-order valence-electron chi connectivity index (χ0n) is 8.16. The van der Waals surface area contributed by atoms with E-state index in [0.29, 0.717) is 0 Å². The van der Waals surface area contributed by atoms with E-state index in [1.54, 1.807) is 0 Å². The van der Waals surface area contributed by atoms with Crippen molar-refractivity contribution in [3.05, 3.63) is 35.4 Å². The largest absolute Gasteiger partial charge is 0.251 e. The molecule has 1 unspecified atom stereocenters. The van der Waals surface area contributed by atoms with E-state index in [2.05, 4.69) is 23.9 Å². The molecule has 0 spiro atoms. The van der Waals surface area contributed by atoms with Crippen molar-refractivity contribution in [2.45, 2.75) is 32.8 Å². The van der Waals surface area contributed by atoms with Crippen molar-refractivity contribution < 1.29 is 10.1 Å². The van der Waals surface area contributed by atoms with Crippen LogP contribution in [0.5, 0.6) is 0 Å². The van der Waals surface area contributed by atoms with Gasteiger partial charge in [0.25, 0.3) is 0 Å². The van der Waals surface area contributed by atoms with Crippen LogP contribution in [-0.2, 0) is 11.3 Å². The van der Waals surface area contributed by atoms with Gasteiger partial charge in [0.2, 0.25) is 0 Å². The molecule has 0 aromatic heterocycles. The minimum atomic E-state index is -0.240. The molecule has 1 aromatic carbocycles. The lowest BCUT2D eigenvalue weighted by atomic mass is 10.1. The van der Waals surface area contributed by atoms with E-state index in [0.717, 1.165) is 18.4 Å². The second kappa shape index (κ2) is 5.00. The molecule has 0 aliphatic carbocycles. The predicted molar refractivity (Wildman–Crippen MR) is 52.6 cm³/mol. The van der Waals surface area contributed by atoms with E-state index in [1.165, 1.54) is 5.56 Å². The average Bonchev–Trinajstić information content (AvgIpc) is 2.18. The van der Waals surface area contributed by atoms with Gasteiger partial charge in [0.05, 0.1) is 0 Å². The molecule has 0 bridgehead atoms. The fourth-order valence-corrected chi connectivity index (χ4v) is 1.30. The van der Waals surface area contributed by atoms with Gasteiger partial charge < -0.3 is 0 Å². The van der Waals surface area contributed by atoms with Crippen molar-refractivity contribution in [1.82, 2.24) is 0 Å². The highest BCUT2D eigenvalue weighted by molar-refractivity contribution is 5.23. The predicted octanol–water partition coefficient (Wildman–Crippen LogP) is 3.19. The average molecular weight is 180 g/mol. The Hall–Kier alpha value is -0.860. The van der Waals surface area contributed by atoms with E-state index in [4.69, 9.17) is 5.26 Å². The van der Waals surface area contributed by atoms with Crippen LogP contribution in [0.25, 0.3) is 0 Å². The Morgan fingerprint density at radius 1 is 1.31 bits per heavy atom. The first-order chi connectivity index (χ1) is 6.27. The normalized spacial score (nSPS) is 12.8. The van der Waals surface area contributed by atoms with Crippen LogP contribution < -0.4 is 0 Å². The van der Waals surface area contributed by atoms with Crippen molar-refractivity contribution in [2.24, 2.45) is 0 Å². The quantitative estimate of drug-likeness (QED) is 0.569. The topological polar surface area (TPSA) is 29.5 Å². The van der Waals surface area contributed by atoms with Gasteiger partial charge in [-0.25, -0.2) is 4.89 Å².